The maximum atomic E-state index is 5.88. The van der Waals surface area contributed by atoms with Crippen molar-refractivity contribution in [3.63, 3.8) is 0 Å². The first-order valence-corrected chi connectivity index (χ1v) is 9.41. The van der Waals surface area contributed by atoms with Crippen molar-refractivity contribution in [3.05, 3.63) is 102 Å². The molecule has 0 unspecified atom stereocenters. The first-order chi connectivity index (χ1) is 14.2. The average Bonchev–Trinajstić information content (AvgIpc) is 3.09. The van der Waals surface area contributed by atoms with Gasteiger partial charge < -0.3 is 10.5 Å². The fourth-order valence-corrected chi connectivity index (χ4v) is 3.06. The zero-order chi connectivity index (χ0) is 20.1. The quantitative estimate of drug-likeness (QED) is 0.482. The van der Waals surface area contributed by atoms with E-state index in [0.717, 1.165) is 33.7 Å². The number of anilines is 1. The van der Waals surface area contributed by atoms with Gasteiger partial charge in [0.15, 0.2) is 0 Å². The lowest BCUT2D eigenvalue weighted by molar-refractivity contribution is 0.306. The Morgan fingerprint density at radius 1 is 0.966 bits per heavy atom. The average molecular weight is 382 g/mol. The first kappa shape index (κ1) is 18.5. The van der Waals surface area contributed by atoms with Crippen molar-refractivity contribution >= 4 is 12.2 Å². The van der Waals surface area contributed by atoms with E-state index in [-0.39, 0.29) is 0 Å². The van der Waals surface area contributed by atoms with E-state index < -0.39 is 0 Å². The van der Waals surface area contributed by atoms with Gasteiger partial charge in [0.05, 0.1) is 18.1 Å². The summed E-state index contributed by atoms with van der Waals surface area (Å²) in [4.78, 5) is 4.17. The topological polar surface area (TPSA) is 65.4 Å². The van der Waals surface area contributed by atoms with E-state index in [1.54, 1.807) is 17.1 Å². The van der Waals surface area contributed by atoms with Crippen LogP contribution in [0.5, 0.6) is 5.75 Å². The van der Waals surface area contributed by atoms with Gasteiger partial charge in [-0.2, -0.15) is 5.10 Å². The molecular formula is C24H22N4O. The predicted octanol–water partition coefficient (Wildman–Crippen LogP) is 4.90. The van der Waals surface area contributed by atoms with Gasteiger partial charge in [-0.05, 0) is 35.7 Å². The van der Waals surface area contributed by atoms with Gasteiger partial charge in [0.25, 0.3) is 0 Å². The molecule has 1 aromatic heterocycles. The maximum Gasteiger partial charge on any atom is 0.221 e. The van der Waals surface area contributed by atoms with Crippen molar-refractivity contribution in [1.82, 2.24) is 9.66 Å². The molecule has 0 amide bonds. The number of aromatic nitrogens is 2. The largest absolute Gasteiger partial charge is 0.489 e. The van der Waals surface area contributed by atoms with Crippen LogP contribution in [0, 0.1) is 6.92 Å². The SMILES string of the molecule is Cc1cn(N=Cc2ccccc2-c2ccc(OCc3ccccc3)cc2)c(N)n1. The van der Waals surface area contributed by atoms with Crippen LogP contribution in [0.1, 0.15) is 16.8 Å². The lowest BCUT2D eigenvalue weighted by atomic mass is 10.0. The smallest absolute Gasteiger partial charge is 0.221 e. The third-order valence-electron chi connectivity index (χ3n) is 4.53. The Labute approximate surface area is 170 Å². The van der Waals surface area contributed by atoms with E-state index in [2.05, 4.69) is 40.4 Å². The lowest BCUT2D eigenvalue weighted by Crippen LogP contribution is -1.98. The molecule has 0 bridgehead atoms. The van der Waals surface area contributed by atoms with Crippen molar-refractivity contribution < 1.29 is 4.74 Å². The van der Waals surface area contributed by atoms with E-state index in [9.17, 15) is 0 Å². The zero-order valence-corrected chi connectivity index (χ0v) is 16.2. The van der Waals surface area contributed by atoms with Gasteiger partial charge >= 0.3 is 0 Å². The van der Waals surface area contributed by atoms with E-state index in [0.29, 0.717) is 12.6 Å². The van der Waals surface area contributed by atoms with Gasteiger partial charge in [0.2, 0.25) is 5.95 Å². The van der Waals surface area contributed by atoms with Crippen molar-refractivity contribution in [1.29, 1.82) is 0 Å². The Kier molecular flexibility index (Phi) is 5.38. The Hall–Kier alpha value is -3.86. The van der Waals surface area contributed by atoms with Gasteiger partial charge in [-0.25, -0.2) is 9.66 Å². The summed E-state index contributed by atoms with van der Waals surface area (Å²) in [5.74, 6) is 1.21. The highest BCUT2D eigenvalue weighted by molar-refractivity contribution is 5.90. The van der Waals surface area contributed by atoms with Crippen LogP contribution in [0.15, 0.2) is 90.2 Å². The van der Waals surface area contributed by atoms with Crippen LogP contribution in [0.4, 0.5) is 5.95 Å². The highest BCUT2D eigenvalue weighted by atomic mass is 16.5. The molecule has 5 nitrogen and oxygen atoms in total. The third-order valence-corrected chi connectivity index (χ3v) is 4.53. The van der Waals surface area contributed by atoms with E-state index >= 15 is 0 Å². The van der Waals surface area contributed by atoms with Crippen molar-refractivity contribution in [2.75, 3.05) is 5.73 Å². The fourth-order valence-electron chi connectivity index (χ4n) is 3.06. The van der Waals surface area contributed by atoms with Gasteiger partial charge in [-0.1, -0.05) is 66.7 Å². The summed E-state index contributed by atoms with van der Waals surface area (Å²) in [5.41, 5.74) is 11.0. The number of nitrogen functional groups attached to an aromatic ring is 1. The summed E-state index contributed by atoms with van der Waals surface area (Å²) in [7, 11) is 0. The number of nitrogens with two attached hydrogens (primary N) is 1. The normalized spacial score (nSPS) is 11.1. The van der Waals surface area contributed by atoms with E-state index in [4.69, 9.17) is 10.5 Å². The third kappa shape index (κ3) is 4.52. The molecule has 3 aromatic carbocycles. The molecule has 2 N–H and O–H groups in total. The van der Waals surface area contributed by atoms with Crippen molar-refractivity contribution in [3.8, 4) is 16.9 Å². The van der Waals surface area contributed by atoms with Gasteiger partial charge in [0.1, 0.15) is 12.4 Å². The molecule has 0 aliphatic carbocycles. The number of rotatable bonds is 6. The van der Waals surface area contributed by atoms with Crippen LogP contribution in [0.2, 0.25) is 0 Å². The van der Waals surface area contributed by atoms with Gasteiger partial charge in [-0.15, -0.1) is 0 Å². The number of imidazole rings is 1. The molecule has 144 valence electrons. The molecule has 4 aromatic rings. The molecule has 1 heterocycles. The van der Waals surface area contributed by atoms with Crippen LogP contribution >= 0.6 is 0 Å². The van der Waals surface area contributed by atoms with Crippen molar-refractivity contribution in [2.45, 2.75) is 13.5 Å². The summed E-state index contributed by atoms with van der Waals surface area (Å²) in [6.07, 6.45) is 3.60. The minimum absolute atomic E-state index is 0.371. The van der Waals surface area contributed by atoms with Crippen LogP contribution < -0.4 is 10.5 Å². The molecule has 0 spiro atoms. The zero-order valence-electron chi connectivity index (χ0n) is 16.2. The summed E-state index contributed by atoms with van der Waals surface area (Å²) in [5, 5.41) is 4.44. The molecule has 0 atom stereocenters. The number of hydrogen-bond acceptors (Lipinski definition) is 4. The molecule has 0 saturated carbocycles. The second-order valence-electron chi connectivity index (χ2n) is 6.72. The second-order valence-corrected chi connectivity index (χ2v) is 6.72. The maximum absolute atomic E-state index is 5.88. The molecule has 0 aliphatic rings. The molecule has 5 heteroatoms. The van der Waals surface area contributed by atoms with Crippen LogP contribution in [0.25, 0.3) is 11.1 Å². The number of aryl methyl sites for hydroxylation is 1. The van der Waals surface area contributed by atoms with Crippen molar-refractivity contribution in [2.24, 2.45) is 5.10 Å². The molecule has 4 rings (SSSR count). The van der Waals surface area contributed by atoms with Crippen LogP contribution in [-0.4, -0.2) is 15.9 Å². The molecule has 0 fully saturated rings. The Bertz CT molecular complexity index is 1120. The number of benzene rings is 3. The predicted molar refractivity (Wildman–Crippen MR) is 117 cm³/mol. The Morgan fingerprint density at radius 2 is 1.69 bits per heavy atom. The lowest BCUT2D eigenvalue weighted by Gasteiger charge is -2.09. The van der Waals surface area contributed by atoms with E-state index in [1.165, 1.54) is 0 Å². The molecule has 0 aliphatic heterocycles. The van der Waals surface area contributed by atoms with Gasteiger partial charge in [-0.3, -0.25) is 0 Å². The highest BCUT2D eigenvalue weighted by Gasteiger charge is 2.05. The van der Waals surface area contributed by atoms with Crippen LogP contribution in [-0.2, 0) is 6.61 Å². The molecule has 0 saturated heterocycles. The summed E-state index contributed by atoms with van der Waals surface area (Å²) in [6.45, 7) is 2.44. The molecular weight excluding hydrogens is 360 g/mol. The summed E-state index contributed by atoms with van der Waals surface area (Å²) in [6, 6.07) is 26.3. The fraction of sp³-hybridized carbons (Fsp3) is 0.0833. The monoisotopic (exact) mass is 382 g/mol. The molecule has 29 heavy (non-hydrogen) atoms. The van der Waals surface area contributed by atoms with E-state index in [1.807, 2.05) is 55.5 Å². The Balaban J connectivity index is 1.52. The second kappa shape index (κ2) is 8.44. The highest BCUT2D eigenvalue weighted by Crippen LogP contribution is 2.25. The minimum atomic E-state index is 0.371. The van der Waals surface area contributed by atoms with Gasteiger partial charge in [0, 0.05) is 5.56 Å². The first-order valence-electron chi connectivity index (χ1n) is 9.41. The summed E-state index contributed by atoms with van der Waals surface area (Å²) >= 11 is 0. The number of ether oxygens (including phenoxy) is 1. The number of hydrogen-bond donors (Lipinski definition) is 1. The Morgan fingerprint density at radius 3 is 2.41 bits per heavy atom. The number of nitrogens with zero attached hydrogens (tertiary/aromatic N) is 3. The standard InChI is InChI=1S/C24H22N4O/c1-18-16-28(24(25)27-18)26-15-21-9-5-6-10-23(21)20-11-13-22(14-12-20)29-17-19-7-3-2-4-8-19/h2-16H,17H2,1H3,(H2,25,27). The van der Waals surface area contributed by atoms with Crippen LogP contribution in [0.3, 0.4) is 0 Å². The molecule has 0 radical (unpaired) electrons. The minimum Gasteiger partial charge on any atom is -0.489 e. The summed E-state index contributed by atoms with van der Waals surface area (Å²) < 4.78 is 7.46.